The first-order chi connectivity index (χ1) is 14.0. The molecule has 0 bridgehead atoms. The van der Waals surface area contributed by atoms with Crippen molar-refractivity contribution in [2.75, 3.05) is 13.1 Å². The van der Waals surface area contributed by atoms with Gasteiger partial charge < -0.3 is 4.52 Å². The number of piperidine rings is 1. The highest BCUT2D eigenvalue weighted by Crippen LogP contribution is 2.30. The van der Waals surface area contributed by atoms with Gasteiger partial charge in [-0.2, -0.15) is 14.6 Å². The molecule has 0 saturated carbocycles. The lowest BCUT2D eigenvalue weighted by Crippen LogP contribution is -2.38. The largest absolute Gasteiger partial charge is 0.334 e. The summed E-state index contributed by atoms with van der Waals surface area (Å²) in [6.07, 6.45) is 1.25. The lowest BCUT2D eigenvalue weighted by molar-refractivity contribution is 0.307. The van der Waals surface area contributed by atoms with Crippen molar-refractivity contribution in [3.63, 3.8) is 0 Å². The van der Waals surface area contributed by atoms with Crippen molar-refractivity contribution in [2.24, 2.45) is 0 Å². The van der Waals surface area contributed by atoms with Gasteiger partial charge in [0.05, 0.1) is 16.5 Å². The second-order valence-corrected chi connectivity index (χ2v) is 9.08. The summed E-state index contributed by atoms with van der Waals surface area (Å²) in [6.45, 7) is 2.80. The topological polar surface area (TPSA) is 100 Å². The van der Waals surface area contributed by atoms with Crippen molar-refractivity contribution >= 4 is 10.0 Å². The van der Waals surface area contributed by atoms with Gasteiger partial charge >= 0.3 is 0 Å². The summed E-state index contributed by atoms with van der Waals surface area (Å²) in [5.41, 5.74) is 2.46. The molecule has 2 aromatic carbocycles. The molecule has 0 spiro atoms. The summed E-state index contributed by atoms with van der Waals surface area (Å²) in [4.78, 5) is 4.73. The molecular weight excluding hydrogens is 388 g/mol. The van der Waals surface area contributed by atoms with Gasteiger partial charge in [-0.25, -0.2) is 8.42 Å². The van der Waals surface area contributed by atoms with Crippen molar-refractivity contribution in [1.29, 1.82) is 5.26 Å². The minimum Gasteiger partial charge on any atom is -0.334 e. The predicted molar refractivity (Wildman–Crippen MR) is 106 cm³/mol. The quantitative estimate of drug-likeness (QED) is 0.655. The molecule has 0 unspecified atom stereocenters. The summed E-state index contributed by atoms with van der Waals surface area (Å²) in [5, 5.41) is 13.0. The number of aryl methyl sites for hydroxylation is 1. The number of nitriles is 1. The molecule has 0 aliphatic carbocycles. The molecule has 29 heavy (non-hydrogen) atoms. The molecule has 1 saturated heterocycles. The van der Waals surface area contributed by atoms with E-state index in [4.69, 9.17) is 9.78 Å². The van der Waals surface area contributed by atoms with E-state index in [-0.39, 0.29) is 10.8 Å². The first kappa shape index (κ1) is 19.3. The van der Waals surface area contributed by atoms with E-state index in [0.717, 1.165) is 11.1 Å². The number of hydrogen-bond donors (Lipinski definition) is 0. The number of sulfonamides is 1. The van der Waals surface area contributed by atoms with Crippen LogP contribution in [0.15, 0.2) is 57.9 Å². The fourth-order valence-corrected chi connectivity index (χ4v) is 4.89. The molecule has 1 aromatic heterocycles. The Morgan fingerprint density at radius 3 is 2.34 bits per heavy atom. The molecule has 148 valence electrons. The van der Waals surface area contributed by atoms with Gasteiger partial charge in [-0.15, -0.1) is 0 Å². The van der Waals surface area contributed by atoms with E-state index < -0.39 is 10.0 Å². The van der Waals surface area contributed by atoms with Gasteiger partial charge in [0.15, 0.2) is 5.82 Å². The van der Waals surface area contributed by atoms with Crippen molar-refractivity contribution in [3.8, 4) is 17.5 Å². The molecule has 3 aromatic rings. The number of rotatable bonds is 4. The zero-order chi connectivity index (χ0) is 20.4. The van der Waals surface area contributed by atoms with E-state index in [2.05, 4.69) is 10.1 Å². The highest BCUT2D eigenvalue weighted by molar-refractivity contribution is 7.89. The maximum Gasteiger partial charge on any atom is 0.257 e. The summed E-state index contributed by atoms with van der Waals surface area (Å²) in [7, 11) is -3.57. The zero-order valence-corrected chi connectivity index (χ0v) is 16.8. The normalized spacial score (nSPS) is 15.9. The minimum atomic E-state index is -3.57. The smallest absolute Gasteiger partial charge is 0.257 e. The third-order valence-electron chi connectivity index (χ3n) is 5.18. The van der Waals surface area contributed by atoms with E-state index in [9.17, 15) is 8.42 Å². The maximum absolute atomic E-state index is 12.8. The molecule has 4 rings (SSSR count). The second kappa shape index (κ2) is 7.78. The molecule has 0 amide bonds. The van der Waals surface area contributed by atoms with Crippen LogP contribution in [0.3, 0.4) is 0 Å². The molecule has 1 aliphatic rings. The predicted octanol–water partition coefficient (Wildman–Crippen LogP) is 3.49. The number of nitrogens with zero attached hydrogens (tertiary/aromatic N) is 4. The molecule has 1 aliphatic heterocycles. The SMILES string of the molecule is Cc1ccc(-c2nc(C3CCN(S(=O)(=O)c4ccc(C#N)cc4)CC3)no2)cc1. The van der Waals surface area contributed by atoms with E-state index in [0.29, 0.717) is 43.2 Å². The summed E-state index contributed by atoms with van der Waals surface area (Å²) in [5.74, 6) is 1.16. The van der Waals surface area contributed by atoms with Crippen LogP contribution < -0.4 is 0 Å². The van der Waals surface area contributed by atoms with Gasteiger partial charge in [-0.1, -0.05) is 22.9 Å². The van der Waals surface area contributed by atoms with Crippen LogP contribution in [-0.4, -0.2) is 36.0 Å². The highest BCUT2D eigenvalue weighted by Gasteiger charge is 2.31. The van der Waals surface area contributed by atoms with Crippen LogP contribution in [0.4, 0.5) is 0 Å². The van der Waals surface area contributed by atoms with Gasteiger partial charge in [0.25, 0.3) is 5.89 Å². The Kier molecular flexibility index (Phi) is 5.18. The Hall–Kier alpha value is -3.02. The van der Waals surface area contributed by atoms with Gasteiger partial charge in [0.2, 0.25) is 10.0 Å². The van der Waals surface area contributed by atoms with Crippen molar-refractivity contribution in [2.45, 2.75) is 30.6 Å². The molecule has 1 fully saturated rings. The first-order valence-corrected chi connectivity index (χ1v) is 10.8. The Morgan fingerprint density at radius 2 is 1.72 bits per heavy atom. The van der Waals surface area contributed by atoms with Crippen LogP contribution in [0, 0.1) is 18.3 Å². The average molecular weight is 408 g/mol. The van der Waals surface area contributed by atoms with Crippen molar-refractivity contribution in [3.05, 3.63) is 65.5 Å². The Bertz CT molecular complexity index is 1140. The van der Waals surface area contributed by atoms with Gasteiger partial charge in [-0.3, -0.25) is 0 Å². The molecular formula is C21H20N4O3S. The second-order valence-electron chi connectivity index (χ2n) is 7.14. The molecule has 0 radical (unpaired) electrons. The first-order valence-electron chi connectivity index (χ1n) is 9.38. The monoisotopic (exact) mass is 408 g/mol. The Labute approximate surface area is 169 Å². The fourth-order valence-electron chi connectivity index (χ4n) is 3.42. The maximum atomic E-state index is 12.8. The lowest BCUT2D eigenvalue weighted by atomic mass is 9.97. The van der Waals surface area contributed by atoms with Crippen molar-refractivity contribution < 1.29 is 12.9 Å². The number of benzene rings is 2. The van der Waals surface area contributed by atoms with Crippen LogP contribution >= 0.6 is 0 Å². The van der Waals surface area contributed by atoms with E-state index >= 15 is 0 Å². The lowest BCUT2D eigenvalue weighted by Gasteiger charge is -2.29. The van der Waals surface area contributed by atoms with E-state index in [1.54, 1.807) is 0 Å². The molecule has 8 heteroatoms. The minimum absolute atomic E-state index is 0.0605. The zero-order valence-electron chi connectivity index (χ0n) is 15.9. The third-order valence-corrected chi connectivity index (χ3v) is 7.09. The number of aromatic nitrogens is 2. The average Bonchev–Trinajstić information content (AvgIpc) is 3.24. The van der Waals surface area contributed by atoms with Crippen LogP contribution in [0.1, 0.15) is 35.7 Å². The van der Waals surface area contributed by atoms with Gasteiger partial charge in [0.1, 0.15) is 0 Å². The summed E-state index contributed by atoms with van der Waals surface area (Å²) < 4.78 is 32.6. The Balaban J connectivity index is 1.44. The van der Waals surface area contributed by atoms with E-state index in [1.807, 2.05) is 37.3 Å². The fraction of sp³-hybridized carbons (Fsp3) is 0.286. The van der Waals surface area contributed by atoms with Crippen LogP contribution in [-0.2, 0) is 10.0 Å². The van der Waals surface area contributed by atoms with E-state index in [1.165, 1.54) is 28.6 Å². The van der Waals surface area contributed by atoms with Gasteiger partial charge in [0, 0.05) is 24.6 Å². The molecule has 0 N–H and O–H groups in total. The Morgan fingerprint density at radius 1 is 1.07 bits per heavy atom. The molecule has 2 heterocycles. The molecule has 7 nitrogen and oxygen atoms in total. The van der Waals surface area contributed by atoms with Crippen LogP contribution in [0.5, 0.6) is 0 Å². The van der Waals surface area contributed by atoms with Crippen LogP contribution in [0.25, 0.3) is 11.5 Å². The highest BCUT2D eigenvalue weighted by atomic mass is 32.2. The summed E-state index contributed by atoms with van der Waals surface area (Å²) >= 11 is 0. The van der Waals surface area contributed by atoms with Crippen LogP contribution in [0.2, 0.25) is 0 Å². The summed E-state index contributed by atoms with van der Waals surface area (Å²) in [6, 6.07) is 15.9. The molecule has 0 atom stereocenters. The number of hydrogen-bond acceptors (Lipinski definition) is 6. The van der Waals surface area contributed by atoms with Crippen molar-refractivity contribution in [1.82, 2.24) is 14.4 Å². The van der Waals surface area contributed by atoms with Gasteiger partial charge in [-0.05, 0) is 56.2 Å². The third kappa shape index (κ3) is 3.92. The standard InChI is InChI=1S/C21H20N4O3S/c1-15-2-6-18(7-3-15)21-23-20(24-28-21)17-10-12-25(13-11-17)29(26,27)19-8-4-16(14-22)5-9-19/h2-9,17H,10-13H2,1H3.